The summed E-state index contributed by atoms with van der Waals surface area (Å²) in [6.45, 7) is 1.93. The molecule has 5 aromatic rings. The smallest absolute Gasteiger partial charge is 0.342 e. The number of imidazole rings is 1. The third kappa shape index (κ3) is 4.79. The van der Waals surface area contributed by atoms with E-state index < -0.39 is 11.7 Å². The Morgan fingerprint density at radius 1 is 0.927 bits per heavy atom. The lowest BCUT2D eigenvalue weighted by Gasteiger charge is -2.18. The van der Waals surface area contributed by atoms with Crippen molar-refractivity contribution in [1.29, 1.82) is 0 Å². The van der Waals surface area contributed by atoms with E-state index in [9.17, 15) is 22.8 Å². The molecule has 1 aliphatic carbocycles. The van der Waals surface area contributed by atoms with Crippen LogP contribution in [0.4, 0.5) is 13.2 Å². The van der Waals surface area contributed by atoms with Gasteiger partial charge in [-0.05, 0) is 78.1 Å². The fourth-order valence-corrected chi connectivity index (χ4v) is 5.92. The second-order valence-electron chi connectivity index (χ2n) is 11.1. The number of carbonyl (C=O) groups is 1. The van der Waals surface area contributed by atoms with Gasteiger partial charge in [0, 0.05) is 42.7 Å². The molecule has 7 rings (SSSR count). The second kappa shape index (κ2) is 9.61. The van der Waals surface area contributed by atoms with Gasteiger partial charge in [0.15, 0.2) is 0 Å². The summed E-state index contributed by atoms with van der Waals surface area (Å²) < 4.78 is 42.5. The molecule has 6 nitrogen and oxygen atoms in total. The number of nitrogens with zero attached hydrogens (tertiary/aromatic N) is 3. The number of aromatic amines is 1. The van der Waals surface area contributed by atoms with Crippen molar-refractivity contribution in [3.05, 3.63) is 88.8 Å². The molecule has 2 fully saturated rings. The number of aromatic nitrogens is 3. The lowest BCUT2D eigenvalue weighted by molar-refractivity contribution is -0.137. The standard InChI is InChI=1S/C32H27F3N4O2/c33-32(34,35)25-8-10-28-27(16-25)37-29(39(28)18-19-12-14-38(17-19)31(41)22-5-6-22)21-3-1-20(2-4-21)23-7-9-26-24(15-23)11-13-36-30(26)40/h1-4,7-11,13,15-16,19,22H,5-6,12,14,17-18H2,(H,36,40)/t19-/m0/s1. The normalized spacial score (nSPS) is 17.5. The maximum Gasteiger partial charge on any atom is 0.416 e. The number of benzene rings is 3. The van der Waals surface area contributed by atoms with Gasteiger partial charge in [-0.1, -0.05) is 30.3 Å². The van der Waals surface area contributed by atoms with E-state index in [-0.39, 0.29) is 23.3 Å². The SMILES string of the molecule is O=C(C1CC1)N1CC[C@H](Cn2c(-c3ccc(-c4ccc5c(=O)[nH]ccc5c4)cc3)nc3cc(C(F)(F)F)ccc32)C1. The topological polar surface area (TPSA) is 71.0 Å². The zero-order chi connectivity index (χ0) is 28.3. The summed E-state index contributed by atoms with van der Waals surface area (Å²) in [6, 6.07) is 19.0. The predicted octanol–water partition coefficient (Wildman–Crippen LogP) is 6.49. The third-order valence-electron chi connectivity index (χ3n) is 8.29. The highest BCUT2D eigenvalue weighted by Crippen LogP contribution is 2.36. The molecule has 1 aliphatic heterocycles. The number of alkyl halides is 3. The molecular formula is C32H27F3N4O2. The summed E-state index contributed by atoms with van der Waals surface area (Å²) in [7, 11) is 0. The summed E-state index contributed by atoms with van der Waals surface area (Å²) in [6.07, 6.45) is -0.0596. The number of H-pyrrole nitrogens is 1. The van der Waals surface area contributed by atoms with Gasteiger partial charge in [0.25, 0.3) is 5.56 Å². The average molecular weight is 557 g/mol. The fourth-order valence-electron chi connectivity index (χ4n) is 5.92. The number of pyridine rings is 1. The molecule has 0 radical (unpaired) electrons. The summed E-state index contributed by atoms with van der Waals surface area (Å²) in [4.78, 5) is 34.0. The quantitative estimate of drug-likeness (QED) is 0.269. The second-order valence-corrected chi connectivity index (χ2v) is 11.1. The molecule has 0 bridgehead atoms. The van der Waals surface area contributed by atoms with Crippen LogP contribution in [0.3, 0.4) is 0 Å². The Hall–Kier alpha value is -4.40. The first-order valence-corrected chi connectivity index (χ1v) is 13.8. The first kappa shape index (κ1) is 25.6. The zero-order valence-electron chi connectivity index (χ0n) is 22.1. The average Bonchev–Trinajstić information content (AvgIpc) is 3.61. The van der Waals surface area contributed by atoms with Crippen LogP contribution in [0.1, 0.15) is 24.8 Å². The van der Waals surface area contributed by atoms with Crippen molar-refractivity contribution in [2.24, 2.45) is 11.8 Å². The Labute approximate surface area is 233 Å². The first-order chi connectivity index (χ1) is 19.7. The van der Waals surface area contributed by atoms with Gasteiger partial charge in [-0.2, -0.15) is 13.2 Å². The molecule has 0 unspecified atom stereocenters. The van der Waals surface area contributed by atoms with Crippen LogP contribution < -0.4 is 5.56 Å². The molecule has 3 heterocycles. The number of amides is 1. The van der Waals surface area contributed by atoms with Crippen LogP contribution in [-0.2, 0) is 17.5 Å². The number of likely N-dealkylation sites (tertiary alicyclic amines) is 1. The van der Waals surface area contributed by atoms with Crippen LogP contribution in [-0.4, -0.2) is 38.4 Å². The highest BCUT2D eigenvalue weighted by atomic mass is 19.4. The fraction of sp³-hybridized carbons (Fsp3) is 0.281. The maximum absolute atomic E-state index is 13.5. The molecule has 2 aliphatic rings. The van der Waals surface area contributed by atoms with E-state index in [0.717, 1.165) is 53.5 Å². The molecule has 2 aromatic heterocycles. The summed E-state index contributed by atoms with van der Waals surface area (Å²) >= 11 is 0. The number of fused-ring (bicyclic) bond motifs is 2. The summed E-state index contributed by atoms with van der Waals surface area (Å²) in [5.41, 5.74) is 2.76. The van der Waals surface area contributed by atoms with Crippen LogP contribution in [0.2, 0.25) is 0 Å². The third-order valence-corrected chi connectivity index (χ3v) is 8.29. The number of hydrogen-bond donors (Lipinski definition) is 1. The minimum absolute atomic E-state index is 0.140. The van der Waals surface area contributed by atoms with Crippen molar-refractivity contribution in [3.8, 4) is 22.5 Å². The Morgan fingerprint density at radius 2 is 1.68 bits per heavy atom. The van der Waals surface area contributed by atoms with E-state index in [2.05, 4.69) is 9.97 Å². The van der Waals surface area contributed by atoms with Gasteiger partial charge >= 0.3 is 6.18 Å². The maximum atomic E-state index is 13.5. The predicted molar refractivity (Wildman–Crippen MR) is 151 cm³/mol. The van der Waals surface area contributed by atoms with E-state index in [4.69, 9.17) is 0 Å². The van der Waals surface area contributed by atoms with Gasteiger partial charge in [-0.25, -0.2) is 4.98 Å². The zero-order valence-corrected chi connectivity index (χ0v) is 22.1. The Balaban J connectivity index is 1.24. The van der Waals surface area contributed by atoms with Gasteiger partial charge in [0.1, 0.15) is 5.82 Å². The van der Waals surface area contributed by atoms with Gasteiger partial charge < -0.3 is 14.5 Å². The highest BCUT2D eigenvalue weighted by Gasteiger charge is 2.37. The van der Waals surface area contributed by atoms with Crippen LogP contribution in [0, 0.1) is 11.8 Å². The van der Waals surface area contributed by atoms with E-state index in [1.807, 2.05) is 51.9 Å². The molecule has 1 saturated carbocycles. The Bertz CT molecular complexity index is 1850. The number of halogens is 3. The molecule has 9 heteroatoms. The van der Waals surface area contributed by atoms with E-state index in [1.54, 1.807) is 12.3 Å². The minimum Gasteiger partial charge on any atom is -0.342 e. The van der Waals surface area contributed by atoms with Crippen molar-refractivity contribution in [3.63, 3.8) is 0 Å². The number of hydrogen-bond acceptors (Lipinski definition) is 3. The van der Waals surface area contributed by atoms with E-state index >= 15 is 0 Å². The van der Waals surface area contributed by atoms with Crippen LogP contribution in [0.15, 0.2) is 77.7 Å². The van der Waals surface area contributed by atoms with Crippen LogP contribution in [0.25, 0.3) is 44.3 Å². The highest BCUT2D eigenvalue weighted by molar-refractivity contribution is 5.87. The number of rotatable bonds is 5. The largest absolute Gasteiger partial charge is 0.416 e. The Morgan fingerprint density at radius 3 is 2.44 bits per heavy atom. The first-order valence-electron chi connectivity index (χ1n) is 13.8. The van der Waals surface area contributed by atoms with Crippen LogP contribution >= 0.6 is 0 Å². The molecule has 41 heavy (non-hydrogen) atoms. The van der Waals surface area contributed by atoms with Crippen molar-refractivity contribution >= 4 is 27.7 Å². The minimum atomic E-state index is -4.46. The van der Waals surface area contributed by atoms with E-state index in [0.29, 0.717) is 41.9 Å². The molecule has 1 saturated heterocycles. The van der Waals surface area contributed by atoms with Gasteiger partial charge in [0.05, 0.1) is 16.6 Å². The van der Waals surface area contributed by atoms with Gasteiger partial charge in [-0.3, -0.25) is 9.59 Å². The molecule has 0 spiro atoms. The van der Waals surface area contributed by atoms with Crippen molar-refractivity contribution < 1.29 is 18.0 Å². The van der Waals surface area contributed by atoms with Crippen molar-refractivity contribution in [1.82, 2.24) is 19.4 Å². The lowest BCUT2D eigenvalue weighted by atomic mass is 10.0. The molecule has 1 atom stereocenters. The monoisotopic (exact) mass is 556 g/mol. The van der Waals surface area contributed by atoms with Crippen molar-refractivity contribution in [2.45, 2.75) is 32.0 Å². The number of carbonyl (C=O) groups excluding carboxylic acids is 1. The van der Waals surface area contributed by atoms with Gasteiger partial charge in [0.2, 0.25) is 5.91 Å². The summed E-state index contributed by atoms with van der Waals surface area (Å²) in [5, 5.41) is 1.45. The van der Waals surface area contributed by atoms with Crippen LogP contribution in [0.5, 0.6) is 0 Å². The molecule has 208 valence electrons. The lowest BCUT2D eigenvalue weighted by Crippen LogP contribution is -2.30. The van der Waals surface area contributed by atoms with Crippen molar-refractivity contribution in [2.75, 3.05) is 13.1 Å². The summed E-state index contributed by atoms with van der Waals surface area (Å²) in [5.74, 6) is 1.19. The number of nitrogens with one attached hydrogen (secondary N) is 1. The molecular weight excluding hydrogens is 529 g/mol. The molecule has 1 amide bonds. The van der Waals surface area contributed by atoms with Gasteiger partial charge in [-0.15, -0.1) is 0 Å². The van der Waals surface area contributed by atoms with E-state index in [1.165, 1.54) is 6.07 Å². The molecule has 1 N–H and O–H groups in total. The Kier molecular flexibility index (Phi) is 5.99. The molecule has 3 aromatic carbocycles.